The molecule has 1 aromatic carbocycles. The molecule has 0 spiro atoms. The van der Waals surface area contributed by atoms with Crippen LogP contribution < -0.4 is 20.3 Å². The number of hydrogen-bond acceptors (Lipinski definition) is 7. The molecule has 0 saturated heterocycles. The van der Waals surface area contributed by atoms with Gasteiger partial charge in [-0.15, -0.1) is 11.3 Å². The molecule has 8 nitrogen and oxygen atoms in total. The largest absolute Gasteiger partial charge is 0.453 e. The van der Waals surface area contributed by atoms with Gasteiger partial charge in [0, 0.05) is 44.5 Å². The summed E-state index contributed by atoms with van der Waals surface area (Å²) in [6, 6.07) is 11.0. The summed E-state index contributed by atoms with van der Waals surface area (Å²) in [5, 5.41) is 5.76. The fraction of sp³-hybridized carbons (Fsp3) is 0.259. The highest BCUT2D eigenvalue weighted by Gasteiger charge is 2.23. The fourth-order valence-electron chi connectivity index (χ4n) is 3.68. The third-order valence-electron chi connectivity index (χ3n) is 5.57. The van der Waals surface area contributed by atoms with E-state index in [4.69, 9.17) is 4.74 Å². The number of urea groups is 1. The Bertz CT molecular complexity index is 1390. The van der Waals surface area contributed by atoms with Gasteiger partial charge in [-0.05, 0) is 42.8 Å². The number of carbonyl (C=O) groups is 2. The van der Waals surface area contributed by atoms with E-state index in [1.54, 1.807) is 19.2 Å². The lowest BCUT2D eigenvalue weighted by Crippen LogP contribution is -2.42. The number of anilines is 1. The average Bonchev–Trinajstić information content (AvgIpc) is 3.36. The van der Waals surface area contributed by atoms with Crippen LogP contribution in [0.4, 0.5) is 14.9 Å². The first-order chi connectivity index (χ1) is 17.9. The zero-order valence-electron chi connectivity index (χ0n) is 20.9. The van der Waals surface area contributed by atoms with E-state index in [9.17, 15) is 9.59 Å². The second-order valence-corrected chi connectivity index (χ2v) is 9.27. The van der Waals surface area contributed by atoms with E-state index >= 15 is 4.39 Å². The molecule has 192 valence electrons. The summed E-state index contributed by atoms with van der Waals surface area (Å²) in [4.78, 5) is 35.3. The summed E-state index contributed by atoms with van der Waals surface area (Å²) in [7, 11) is 1.41. The number of thiophene rings is 1. The topological polar surface area (TPSA) is 96.5 Å². The van der Waals surface area contributed by atoms with E-state index in [0.717, 1.165) is 51.3 Å². The van der Waals surface area contributed by atoms with Crippen LogP contribution in [0.1, 0.15) is 32.3 Å². The Morgan fingerprint density at radius 3 is 2.59 bits per heavy atom. The first-order valence-corrected chi connectivity index (χ1v) is 12.8. The van der Waals surface area contributed by atoms with Crippen LogP contribution in [0.2, 0.25) is 0 Å². The van der Waals surface area contributed by atoms with E-state index in [1.807, 2.05) is 24.4 Å². The minimum Gasteiger partial charge on any atom is -0.453 e. The Morgan fingerprint density at radius 1 is 1.08 bits per heavy atom. The molecule has 0 bridgehead atoms. The second kappa shape index (κ2) is 11.9. The molecule has 3 amide bonds. The third kappa shape index (κ3) is 5.92. The average molecular weight is 522 g/mol. The van der Waals surface area contributed by atoms with Gasteiger partial charge < -0.3 is 15.4 Å². The number of ether oxygens (including phenoxy) is 1. The van der Waals surface area contributed by atoms with Crippen LogP contribution in [0.25, 0.3) is 20.8 Å². The van der Waals surface area contributed by atoms with Crippen molar-refractivity contribution in [2.45, 2.75) is 33.2 Å². The Labute approximate surface area is 218 Å². The Balaban J connectivity index is 1.58. The molecule has 0 unspecified atom stereocenters. The van der Waals surface area contributed by atoms with Crippen molar-refractivity contribution in [3.63, 3.8) is 0 Å². The monoisotopic (exact) mass is 521 g/mol. The number of fused-ring (bicyclic) bond motifs is 1. The molecule has 37 heavy (non-hydrogen) atoms. The van der Waals surface area contributed by atoms with Crippen LogP contribution in [0, 0.1) is 5.82 Å². The van der Waals surface area contributed by atoms with Crippen molar-refractivity contribution in [2.75, 3.05) is 18.5 Å². The van der Waals surface area contributed by atoms with Gasteiger partial charge in [-0.25, -0.2) is 14.1 Å². The number of rotatable bonds is 9. The summed E-state index contributed by atoms with van der Waals surface area (Å²) in [5.41, 5.74) is 2.76. The van der Waals surface area contributed by atoms with Gasteiger partial charge in [-0.3, -0.25) is 14.8 Å². The summed E-state index contributed by atoms with van der Waals surface area (Å²) in [6.07, 6.45) is 4.63. The minimum absolute atomic E-state index is 0.0333. The summed E-state index contributed by atoms with van der Waals surface area (Å²) in [6.45, 7) is 5.48. The highest BCUT2D eigenvalue weighted by molar-refractivity contribution is 7.22. The number of aromatic nitrogens is 2. The van der Waals surface area contributed by atoms with Crippen LogP contribution in [-0.2, 0) is 11.3 Å². The van der Waals surface area contributed by atoms with Crippen molar-refractivity contribution in [2.24, 2.45) is 0 Å². The number of amides is 3. The van der Waals surface area contributed by atoms with Crippen LogP contribution >= 0.6 is 11.3 Å². The number of pyridine rings is 2. The van der Waals surface area contributed by atoms with E-state index in [-0.39, 0.29) is 17.9 Å². The van der Waals surface area contributed by atoms with Crippen molar-refractivity contribution in [3.05, 3.63) is 66.2 Å². The second-order valence-electron chi connectivity index (χ2n) is 8.22. The molecule has 3 heterocycles. The molecular formula is C27H28FN5O3S. The van der Waals surface area contributed by atoms with Gasteiger partial charge >= 0.3 is 6.03 Å². The molecule has 0 aliphatic carbocycles. The van der Waals surface area contributed by atoms with Gasteiger partial charge in [0.25, 0.3) is 0 Å². The molecule has 2 N–H and O–H groups in total. The maximum atomic E-state index is 15.0. The number of imide groups is 1. The molecular weight excluding hydrogens is 493 g/mol. The van der Waals surface area contributed by atoms with Gasteiger partial charge in [0.1, 0.15) is 5.75 Å². The molecule has 0 saturated carbocycles. The number of nitrogens with one attached hydrogen (secondary N) is 2. The van der Waals surface area contributed by atoms with Gasteiger partial charge in [0.05, 0.1) is 26.5 Å². The molecule has 3 aromatic heterocycles. The molecule has 4 aromatic rings. The normalized spacial score (nSPS) is 10.9. The Morgan fingerprint density at radius 2 is 1.92 bits per heavy atom. The predicted octanol–water partition coefficient (Wildman–Crippen LogP) is 5.87. The van der Waals surface area contributed by atoms with E-state index in [2.05, 4.69) is 27.5 Å². The number of nitrogens with zero attached hydrogens (tertiary/aromatic N) is 3. The molecule has 0 atom stereocenters. The SMILES string of the molecule is CCCNCc1ccc(-c2cc3nccc(Oc4ccc(N(C(=O)CC)C(=O)NC)cc4F)c3s2)nc1. The van der Waals surface area contributed by atoms with Gasteiger partial charge in [-0.1, -0.05) is 19.9 Å². The zero-order chi connectivity index (χ0) is 26.4. The first kappa shape index (κ1) is 26.2. The highest BCUT2D eigenvalue weighted by Crippen LogP contribution is 2.39. The maximum absolute atomic E-state index is 15.0. The van der Waals surface area contributed by atoms with Crippen LogP contribution in [0.3, 0.4) is 0 Å². The minimum atomic E-state index is -0.703. The highest BCUT2D eigenvalue weighted by atomic mass is 32.1. The summed E-state index contributed by atoms with van der Waals surface area (Å²) in [5.74, 6) is -0.741. The van der Waals surface area contributed by atoms with Crippen LogP contribution in [0.15, 0.2) is 54.9 Å². The lowest BCUT2D eigenvalue weighted by atomic mass is 10.2. The molecule has 0 aliphatic rings. The van der Waals surface area contributed by atoms with Gasteiger partial charge in [-0.2, -0.15) is 0 Å². The molecule has 0 aliphatic heterocycles. The van der Waals surface area contributed by atoms with Gasteiger partial charge in [0.15, 0.2) is 11.6 Å². The third-order valence-corrected chi connectivity index (χ3v) is 6.73. The smallest absolute Gasteiger partial charge is 0.328 e. The number of carbonyl (C=O) groups excluding carboxylic acids is 2. The van der Waals surface area contributed by atoms with Crippen molar-refractivity contribution >= 4 is 39.2 Å². The molecule has 10 heteroatoms. The fourth-order valence-corrected chi connectivity index (χ4v) is 4.72. The zero-order valence-corrected chi connectivity index (χ0v) is 21.7. The van der Waals surface area contributed by atoms with Gasteiger partial charge in [0.2, 0.25) is 5.91 Å². The number of benzene rings is 1. The standard InChI is InChI=1S/C27H28FN5O3S/c1-4-11-30-15-17-6-8-20(32-16-17)24-14-21-26(37-24)23(10-12-31-21)36-22-9-7-18(13-19(22)28)33(25(34)5-2)27(35)29-3/h6-10,12-14,16,30H,4-5,11,15H2,1-3H3,(H,29,35). The summed E-state index contributed by atoms with van der Waals surface area (Å²) >= 11 is 1.46. The molecule has 4 rings (SSSR count). The molecule has 0 radical (unpaired) electrons. The quantitative estimate of drug-likeness (QED) is 0.267. The predicted molar refractivity (Wildman–Crippen MR) is 144 cm³/mol. The van der Waals surface area contributed by atoms with Crippen LogP contribution in [0.5, 0.6) is 11.5 Å². The number of halogens is 1. The van der Waals surface area contributed by atoms with Crippen molar-refractivity contribution < 1.29 is 18.7 Å². The Hall–Kier alpha value is -3.89. The first-order valence-electron chi connectivity index (χ1n) is 12.0. The van der Waals surface area contributed by atoms with Crippen LogP contribution in [-0.4, -0.2) is 35.5 Å². The Kier molecular flexibility index (Phi) is 8.42. The van der Waals surface area contributed by atoms with E-state index in [0.29, 0.717) is 11.3 Å². The maximum Gasteiger partial charge on any atom is 0.328 e. The van der Waals surface area contributed by atoms with E-state index in [1.165, 1.54) is 30.5 Å². The number of hydrogen-bond donors (Lipinski definition) is 2. The lowest BCUT2D eigenvalue weighted by molar-refractivity contribution is -0.117. The summed E-state index contributed by atoms with van der Waals surface area (Å²) < 4.78 is 21.7. The van der Waals surface area contributed by atoms with Crippen molar-refractivity contribution in [1.29, 1.82) is 0 Å². The lowest BCUT2D eigenvalue weighted by Gasteiger charge is -2.20. The van der Waals surface area contributed by atoms with E-state index < -0.39 is 17.8 Å². The molecule has 0 fully saturated rings. The van der Waals surface area contributed by atoms with Crippen molar-refractivity contribution in [3.8, 4) is 22.1 Å². The van der Waals surface area contributed by atoms with Crippen molar-refractivity contribution in [1.82, 2.24) is 20.6 Å².